The number of aromatic hydroxyl groups is 1. The van der Waals surface area contributed by atoms with E-state index in [0.717, 1.165) is 6.42 Å². The summed E-state index contributed by atoms with van der Waals surface area (Å²) >= 11 is 0. The van der Waals surface area contributed by atoms with Crippen molar-refractivity contribution in [2.45, 2.75) is 18.9 Å². The number of nitrogens with two attached hydrogens (primary N) is 1. The number of benzene rings is 1. The van der Waals surface area contributed by atoms with Gasteiger partial charge in [-0.25, -0.2) is 0 Å². The number of hydrogen-bond acceptors (Lipinski definition) is 5. The molecule has 0 aromatic heterocycles. The van der Waals surface area contributed by atoms with Crippen molar-refractivity contribution in [2.24, 2.45) is 5.73 Å². The van der Waals surface area contributed by atoms with Crippen LogP contribution in [-0.2, 0) is 4.79 Å². The highest BCUT2D eigenvalue weighted by molar-refractivity contribution is 5.68. The van der Waals surface area contributed by atoms with Gasteiger partial charge < -0.3 is 25.4 Å². The fourth-order valence-corrected chi connectivity index (χ4v) is 1.83. The van der Waals surface area contributed by atoms with Gasteiger partial charge in [0.2, 0.25) is 5.75 Å². The third-order valence-electron chi connectivity index (χ3n) is 2.71. The van der Waals surface area contributed by atoms with Crippen LogP contribution in [0.5, 0.6) is 17.2 Å². The molecule has 1 atom stereocenters. The number of phenolic OH excluding ortho intramolecular Hbond substituents is 1. The minimum Gasteiger partial charge on any atom is -0.504 e. The quantitative estimate of drug-likeness (QED) is 0.743. The number of phenols is 1. The molecule has 0 spiro atoms. The SMILES string of the molecule is NC(CC(=O)O)c1ccc2c(c1O)OCCCO2. The number of hydrogen-bond donors (Lipinski definition) is 3. The van der Waals surface area contributed by atoms with Crippen LogP contribution in [0.4, 0.5) is 0 Å². The monoisotopic (exact) mass is 253 g/mol. The summed E-state index contributed by atoms with van der Waals surface area (Å²) < 4.78 is 10.8. The normalized spacial score (nSPS) is 15.8. The Morgan fingerprint density at radius 3 is 2.83 bits per heavy atom. The maximum atomic E-state index is 10.6. The average Bonchev–Trinajstić information content (AvgIpc) is 2.54. The van der Waals surface area contributed by atoms with Crippen molar-refractivity contribution in [3.05, 3.63) is 17.7 Å². The van der Waals surface area contributed by atoms with Crippen LogP contribution >= 0.6 is 0 Å². The van der Waals surface area contributed by atoms with Crippen molar-refractivity contribution >= 4 is 5.97 Å². The zero-order valence-electron chi connectivity index (χ0n) is 9.76. The van der Waals surface area contributed by atoms with Gasteiger partial charge in [-0.05, 0) is 12.1 Å². The van der Waals surface area contributed by atoms with Gasteiger partial charge in [0.05, 0.1) is 19.6 Å². The van der Waals surface area contributed by atoms with Gasteiger partial charge in [-0.15, -0.1) is 0 Å². The predicted octanol–water partition coefficient (Wildman–Crippen LogP) is 1.03. The maximum absolute atomic E-state index is 10.6. The maximum Gasteiger partial charge on any atom is 0.305 e. The summed E-state index contributed by atoms with van der Waals surface area (Å²) in [5.74, 6) is -0.459. The summed E-state index contributed by atoms with van der Waals surface area (Å²) in [6, 6.07) is 2.42. The number of carboxylic acids is 1. The van der Waals surface area contributed by atoms with Gasteiger partial charge in [-0.3, -0.25) is 4.79 Å². The third-order valence-corrected chi connectivity index (χ3v) is 2.71. The molecule has 18 heavy (non-hydrogen) atoms. The molecule has 1 aromatic rings. The van der Waals surface area contributed by atoms with E-state index in [-0.39, 0.29) is 17.9 Å². The second-order valence-corrected chi connectivity index (χ2v) is 4.09. The molecule has 0 bridgehead atoms. The van der Waals surface area contributed by atoms with E-state index in [1.165, 1.54) is 0 Å². The lowest BCUT2D eigenvalue weighted by molar-refractivity contribution is -0.137. The molecular weight excluding hydrogens is 238 g/mol. The molecule has 0 saturated heterocycles. The van der Waals surface area contributed by atoms with E-state index < -0.39 is 12.0 Å². The molecule has 1 aromatic carbocycles. The molecule has 1 heterocycles. The lowest BCUT2D eigenvalue weighted by atomic mass is 10.0. The third kappa shape index (κ3) is 2.48. The highest BCUT2D eigenvalue weighted by atomic mass is 16.5. The van der Waals surface area contributed by atoms with Crippen molar-refractivity contribution in [2.75, 3.05) is 13.2 Å². The van der Waals surface area contributed by atoms with E-state index in [0.29, 0.717) is 24.5 Å². The first-order chi connectivity index (χ1) is 8.59. The summed E-state index contributed by atoms with van der Waals surface area (Å²) in [4.78, 5) is 10.6. The Bertz CT molecular complexity index is 460. The molecule has 2 rings (SSSR count). The van der Waals surface area contributed by atoms with E-state index in [2.05, 4.69) is 0 Å². The smallest absolute Gasteiger partial charge is 0.305 e. The van der Waals surface area contributed by atoms with E-state index in [9.17, 15) is 9.90 Å². The molecule has 6 nitrogen and oxygen atoms in total. The molecule has 1 aliphatic rings. The summed E-state index contributed by atoms with van der Waals surface area (Å²) in [5, 5.41) is 18.8. The van der Waals surface area contributed by atoms with Crippen LogP contribution in [0.15, 0.2) is 12.1 Å². The molecular formula is C12H15NO5. The summed E-state index contributed by atoms with van der Waals surface area (Å²) in [6.45, 7) is 0.963. The second-order valence-electron chi connectivity index (χ2n) is 4.09. The number of ether oxygens (including phenoxy) is 2. The van der Waals surface area contributed by atoms with Crippen LogP contribution < -0.4 is 15.2 Å². The largest absolute Gasteiger partial charge is 0.504 e. The Labute approximate surface area is 104 Å². The highest BCUT2D eigenvalue weighted by Crippen LogP contribution is 2.42. The topological polar surface area (TPSA) is 102 Å². The van der Waals surface area contributed by atoms with Crippen molar-refractivity contribution in [1.82, 2.24) is 0 Å². The van der Waals surface area contributed by atoms with Gasteiger partial charge in [-0.2, -0.15) is 0 Å². The molecule has 0 radical (unpaired) electrons. The minimum absolute atomic E-state index is 0.136. The Balaban J connectivity index is 2.33. The first-order valence-corrected chi connectivity index (χ1v) is 5.68. The first kappa shape index (κ1) is 12.5. The van der Waals surface area contributed by atoms with E-state index in [1.807, 2.05) is 0 Å². The standard InChI is InChI=1S/C12H15NO5/c13-8(6-10(14)15)7-2-3-9-12(11(7)16)18-5-1-4-17-9/h2-3,8,16H,1,4-6,13H2,(H,14,15). The molecule has 0 aliphatic carbocycles. The highest BCUT2D eigenvalue weighted by Gasteiger charge is 2.22. The van der Waals surface area contributed by atoms with Crippen LogP contribution in [0.1, 0.15) is 24.4 Å². The van der Waals surface area contributed by atoms with Crippen LogP contribution in [0.2, 0.25) is 0 Å². The summed E-state index contributed by atoms with van der Waals surface area (Å²) in [5.41, 5.74) is 6.08. The van der Waals surface area contributed by atoms with Gasteiger partial charge >= 0.3 is 5.97 Å². The molecule has 6 heteroatoms. The minimum atomic E-state index is -1.02. The fourth-order valence-electron chi connectivity index (χ4n) is 1.83. The van der Waals surface area contributed by atoms with Crippen molar-refractivity contribution in [3.63, 3.8) is 0 Å². The number of rotatable bonds is 3. The molecule has 98 valence electrons. The van der Waals surface area contributed by atoms with Crippen LogP contribution in [0.25, 0.3) is 0 Å². The Kier molecular flexibility index (Phi) is 3.57. The van der Waals surface area contributed by atoms with Gasteiger partial charge in [0.25, 0.3) is 0 Å². The zero-order valence-corrected chi connectivity index (χ0v) is 9.76. The van der Waals surface area contributed by atoms with Crippen LogP contribution in [0.3, 0.4) is 0 Å². The number of carbonyl (C=O) groups is 1. The van der Waals surface area contributed by atoms with Crippen LogP contribution in [0, 0.1) is 0 Å². The Hall–Kier alpha value is -1.95. The molecule has 0 saturated carbocycles. The lowest BCUT2D eigenvalue weighted by Crippen LogP contribution is -2.15. The van der Waals surface area contributed by atoms with E-state index in [1.54, 1.807) is 12.1 Å². The van der Waals surface area contributed by atoms with Gasteiger partial charge in [0.15, 0.2) is 11.5 Å². The van der Waals surface area contributed by atoms with Gasteiger partial charge in [-0.1, -0.05) is 0 Å². The van der Waals surface area contributed by atoms with Gasteiger partial charge in [0, 0.05) is 18.0 Å². The lowest BCUT2D eigenvalue weighted by Gasteiger charge is -2.16. The zero-order chi connectivity index (χ0) is 13.1. The predicted molar refractivity (Wildman–Crippen MR) is 62.9 cm³/mol. The van der Waals surface area contributed by atoms with Crippen molar-refractivity contribution in [3.8, 4) is 17.2 Å². The molecule has 0 fully saturated rings. The molecule has 4 N–H and O–H groups in total. The number of carboxylic acid groups (broad SMARTS) is 1. The van der Waals surface area contributed by atoms with E-state index >= 15 is 0 Å². The molecule has 1 aliphatic heterocycles. The van der Waals surface area contributed by atoms with Crippen LogP contribution in [-0.4, -0.2) is 29.4 Å². The molecule has 0 amide bonds. The van der Waals surface area contributed by atoms with E-state index in [4.69, 9.17) is 20.3 Å². The van der Waals surface area contributed by atoms with Crippen molar-refractivity contribution < 1.29 is 24.5 Å². The number of fused-ring (bicyclic) bond motifs is 1. The fraction of sp³-hybridized carbons (Fsp3) is 0.417. The van der Waals surface area contributed by atoms with Crippen molar-refractivity contribution in [1.29, 1.82) is 0 Å². The average molecular weight is 253 g/mol. The first-order valence-electron chi connectivity index (χ1n) is 5.68. The van der Waals surface area contributed by atoms with Gasteiger partial charge in [0.1, 0.15) is 0 Å². The molecule has 1 unspecified atom stereocenters. The summed E-state index contributed by atoms with van der Waals surface area (Å²) in [6.07, 6.45) is 0.470. The second kappa shape index (κ2) is 5.14. The Morgan fingerprint density at radius 1 is 1.39 bits per heavy atom. The Morgan fingerprint density at radius 2 is 2.11 bits per heavy atom. The summed E-state index contributed by atoms with van der Waals surface area (Å²) in [7, 11) is 0. The number of aliphatic carboxylic acids is 1.